The summed E-state index contributed by atoms with van der Waals surface area (Å²) in [5.41, 5.74) is 0.497. The van der Waals surface area contributed by atoms with Gasteiger partial charge < -0.3 is 5.11 Å². The molecule has 4 rings (SSSR count). The van der Waals surface area contributed by atoms with Gasteiger partial charge in [-0.1, -0.05) is 6.07 Å². The van der Waals surface area contributed by atoms with Crippen molar-refractivity contribution in [1.29, 1.82) is 0 Å². The van der Waals surface area contributed by atoms with Crippen LogP contribution in [0, 0.1) is 17.5 Å². The van der Waals surface area contributed by atoms with E-state index in [0.29, 0.717) is 11.1 Å². The normalized spacial score (nSPS) is 16.3. The number of benzene rings is 2. The van der Waals surface area contributed by atoms with E-state index < -0.39 is 40.3 Å². The lowest BCUT2D eigenvalue weighted by Gasteiger charge is -2.17. The Morgan fingerprint density at radius 3 is 2.66 bits per heavy atom. The quantitative estimate of drug-likeness (QED) is 0.675. The highest BCUT2D eigenvalue weighted by Gasteiger charge is 2.32. The topological polar surface area (TPSA) is 87.5 Å². The van der Waals surface area contributed by atoms with E-state index in [1.807, 2.05) is 0 Å². The second kappa shape index (κ2) is 7.24. The van der Waals surface area contributed by atoms with Gasteiger partial charge >= 0.3 is 0 Å². The Morgan fingerprint density at radius 1 is 1.17 bits per heavy atom. The maximum absolute atomic E-state index is 15.1. The minimum atomic E-state index is -2.01. The van der Waals surface area contributed by atoms with Gasteiger partial charge in [-0.05, 0) is 29.8 Å². The highest BCUT2D eigenvalue weighted by Crippen LogP contribution is 2.38. The molecule has 11 heteroatoms. The minimum absolute atomic E-state index is 0.0608. The molecule has 0 aliphatic carbocycles. The predicted octanol–water partition coefficient (Wildman–Crippen LogP) is 2.24. The standard InChI is InChI=1S/C18H13F3N4O3S/c19-13-3-1-10(5-14(13)20)7-24-8-11(6-22-24)12-2-4-15(26)18(17(12)21)25-9-16(27)23-29(25)28/h1-6,8,26H,7,9H2,(H,23,27). The molecular formula is C18H13F3N4O3S. The van der Waals surface area contributed by atoms with E-state index in [0.717, 1.165) is 16.4 Å². The molecule has 3 aromatic rings. The van der Waals surface area contributed by atoms with Gasteiger partial charge in [0.2, 0.25) is 11.2 Å². The van der Waals surface area contributed by atoms with Gasteiger partial charge in [-0.3, -0.25) is 18.5 Å². The average molecular weight is 422 g/mol. The maximum Gasteiger partial charge on any atom is 0.253 e. The Morgan fingerprint density at radius 2 is 1.97 bits per heavy atom. The molecule has 1 aliphatic heterocycles. The summed E-state index contributed by atoms with van der Waals surface area (Å²) in [5, 5.41) is 14.1. The number of anilines is 1. The van der Waals surface area contributed by atoms with E-state index in [9.17, 15) is 22.9 Å². The van der Waals surface area contributed by atoms with Crippen LogP contribution in [0.4, 0.5) is 18.9 Å². The molecule has 1 saturated heterocycles. The lowest BCUT2D eigenvalue weighted by atomic mass is 10.1. The third kappa shape index (κ3) is 3.56. The van der Waals surface area contributed by atoms with Crippen molar-refractivity contribution in [2.24, 2.45) is 0 Å². The number of amides is 1. The minimum Gasteiger partial charge on any atom is -0.506 e. The fourth-order valence-electron chi connectivity index (χ4n) is 2.96. The summed E-state index contributed by atoms with van der Waals surface area (Å²) in [6.07, 6.45) is 2.86. The molecule has 2 heterocycles. The molecule has 2 N–H and O–H groups in total. The summed E-state index contributed by atoms with van der Waals surface area (Å²) < 4.78 is 57.9. The fourth-order valence-corrected chi connectivity index (χ4v) is 3.91. The summed E-state index contributed by atoms with van der Waals surface area (Å²) in [5.74, 6) is -3.84. The van der Waals surface area contributed by atoms with Crippen LogP contribution in [-0.4, -0.2) is 31.5 Å². The molecule has 0 bridgehead atoms. The number of nitrogens with one attached hydrogen (secondary N) is 1. The van der Waals surface area contributed by atoms with Crippen LogP contribution >= 0.6 is 0 Å². The summed E-state index contributed by atoms with van der Waals surface area (Å²) in [7, 11) is 0. The summed E-state index contributed by atoms with van der Waals surface area (Å²) in [6, 6.07) is 6.00. The molecule has 150 valence electrons. The van der Waals surface area contributed by atoms with Crippen molar-refractivity contribution in [2.75, 3.05) is 10.8 Å². The number of aromatic nitrogens is 2. The zero-order valence-corrected chi connectivity index (χ0v) is 15.4. The number of hydrogen-bond acceptors (Lipinski definition) is 4. The van der Waals surface area contributed by atoms with E-state index in [1.165, 1.54) is 35.3 Å². The van der Waals surface area contributed by atoms with E-state index in [-0.39, 0.29) is 24.3 Å². The largest absolute Gasteiger partial charge is 0.506 e. The molecule has 1 amide bonds. The summed E-state index contributed by atoms with van der Waals surface area (Å²) in [6.45, 7) is -0.242. The first-order chi connectivity index (χ1) is 13.8. The average Bonchev–Trinajstić information content (AvgIpc) is 3.25. The maximum atomic E-state index is 15.1. The predicted molar refractivity (Wildman–Crippen MR) is 98.4 cm³/mol. The zero-order chi connectivity index (χ0) is 20.7. The number of phenolic OH excluding ortho intramolecular Hbond substituents is 1. The molecular weight excluding hydrogens is 409 g/mol. The number of hydrogen-bond donors (Lipinski definition) is 2. The van der Waals surface area contributed by atoms with Crippen LogP contribution in [0.1, 0.15) is 5.56 Å². The number of nitrogens with zero attached hydrogens (tertiary/aromatic N) is 3. The van der Waals surface area contributed by atoms with E-state index in [4.69, 9.17) is 0 Å². The monoisotopic (exact) mass is 422 g/mol. The SMILES string of the molecule is O=C1CN(c2c(O)ccc(-c3cnn(Cc4ccc(F)c(F)c4)c3)c2F)S(=O)N1. The first-order valence-electron chi connectivity index (χ1n) is 8.30. The zero-order valence-electron chi connectivity index (χ0n) is 14.6. The van der Waals surface area contributed by atoms with E-state index in [1.54, 1.807) is 0 Å². The third-order valence-electron chi connectivity index (χ3n) is 4.31. The lowest BCUT2D eigenvalue weighted by molar-refractivity contribution is -0.117. The van der Waals surface area contributed by atoms with Crippen LogP contribution in [0.25, 0.3) is 11.1 Å². The third-order valence-corrected chi connectivity index (χ3v) is 5.42. The molecule has 0 spiro atoms. The highest BCUT2D eigenvalue weighted by molar-refractivity contribution is 7.85. The molecule has 0 radical (unpaired) electrons. The highest BCUT2D eigenvalue weighted by atomic mass is 32.2. The van der Waals surface area contributed by atoms with Crippen LogP contribution in [0.3, 0.4) is 0 Å². The first-order valence-corrected chi connectivity index (χ1v) is 9.41. The number of aromatic hydroxyl groups is 1. The van der Waals surface area contributed by atoms with Crippen LogP contribution in [-0.2, 0) is 22.5 Å². The molecule has 1 fully saturated rings. The van der Waals surface area contributed by atoms with Gasteiger partial charge in [0.1, 0.15) is 18.0 Å². The van der Waals surface area contributed by atoms with Crippen molar-refractivity contribution < 1.29 is 27.3 Å². The number of phenols is 1. The molecule has 1 atom stereocenters. The van der Waals surface area contributed by atoms with Gasteiger partial charge in [-0.25, -0.2) is 17.4 Å². The van der Waals surface area contributed by atoms with Gasteiger partial charge in [-0.2, -0.15) is 5.10 Å². The second-order valence-electron chi connectivity index (χ2n) is 6.28. The first kappa shape index (κ1) is 19.0. The van der Waals surface area contributed by atoms with E-state index in [2.05, 4.69) is 9.82 Å². The van der Waals surface area contributed by atoms with Crippen molar-refractivity contribution in [3.8, 4) is 16.9 Å². The lowest BCUT2D eigenvalue weighted by Crippen LogP contribution is -2.23. The Kier molecular flexibility index (Phi) is 4.74. The van der Waals surface area contributed by atoms with Gasteiger partial charge in [0.05, 0.1) is 12.7 Å². The van der Waals surface area contributed by atoms with Gasteiger partial charge in [0.15, 0.2) is 17.5 Å². The Balaban J connectivity index is 1.66. The molecule has 2 aromatic carbocycles. The van der Waals surface area contributed by atoms with E-state index >= 15 is 4.39 Å². The fraction of sp³-hybridized carbons (Fsp3) is 0.111. The van der Waals surface area contributed by atoms with Crippen molar-refractivity contribution in [3.05, 3.63) is 65.7 Å². The number of carbonyl (C=O) groups excluding carboxylic acids is 1. The second-order valence-corrected chi connectivity index (χ2v) is 7.42. The molecule has 29 heavy (non-hydrogen) atoms. The Labute approximate surface area is 165 Å². The Bertz CT molecular complexity index is 1150. The van der Waals surface area contributed by atoms with Gasteiger partial charge in [0.25, 0.3) is 5.91 Å². The molecule has 7 nitrogen and oxygen atoms in total. The molecule has 1 aromatic heterocycles. The number of carbonyl (C=O) groups is 1. The molecule has 1 unspecified atom stereocenters. The number of halogens is 3. The van der Waals surface area contributed by atoms with Crippen molar-refractivity contribution in [3.63, 3.8) is 0 Å². The van der Waals surface area contributed by atoms with Crippen LogP contribution in [0.5, 0.6) is 5.75 Å². The summed E-state index contributed by atoms with van der Waals surface area (Å²) in [4.78, 5) is 11.4. The van der Waals surface area contributed by atoms with Crippen LogP contribution in [0.2, 0.25) is 0 Å². The van der Waals surface area contributed by atoms with Gasteiger partial charge in [-0.15, -0.1) is 0 Å². The van der Waals surface area contributed by atoms with Crippen LogP contribution in [0.15, 0.2) is 42.7 Å². The van der Waals surface area contributed by atoms with Crippen molar-refractivity contribution in [1.82, 2.24) is 14.5 Å². The smallest absolute Gasteiger partial charge is 0.253 e. The molecule has 1 aliphatic rings. The Hall–Kier alpha value is -3.34. The number of rotatable bonds is 4. The van der Waals surface area contributed by atoms with Gasteiger partial charge in [0, 0.05) is 17.3 Å². The van der Waals surface area contributed by atoms with Crippen molar-refractivity contribution >= 4 is 22.8 Å². The van der Waals surface area contributed by atoms with Crippen LogP contribution < -0.4 is 9.03 Å². The van der Waals surface area contributed by atoms with Crippen molar-refractivity contribution in [2.45, 2.75) is 6.54 Å². The summed E-state index contributed by atoms with van der Waals surface area (Å²) >= 11 is -2.01. The molecule has 0 saturated carbocycles.